The molecule has 117 valence electrons. The van der Waals surface area contributed by atoms with Gasteiger partial charge in [-0.05, 0) is 18.2 Å². The number of hydrogen-bond acceptors (Lipinski definition) is 5. The molecule has 2 aliphatic heterocycles. The van der Waals surface area contributed by atoms with E-state index in [0.29, 0.717) is 49.8 Å². The molecule has 1 atom stereocenters. The number of morpholine rings is 1. The van der Waals surface area contributed by atoms with Gasteiger partial charge in [0.15, 0.2) is 17.6 Å². The van der Waals surface area contributed by atoms with Crippen LogP contribution < -0.4 is 15.2 Å². The summed E-state index contributed by atoms with van der Waals surface area (Å²) in [5.41, 5.74) is 5.67. The number of hydrogen-bond donors (Lipinski definition) is 1. The van der Waals surface area contributed by atoms with E-state index in [1.807, 2.05) is 0 Å². The molecule has 22 heavy (non-hydrogen) atoms. The molecule has 7 heteroatoms. The van der Waals surface area contributed by atoms with E-state index in [9.17, 15) is 9.59 Å². The number of carbonyl (C=O) groups excluding carboxylic acids is 2. The topological polar surface area (TPSA) is 91.1 Å². The van der Waals surface area contributed by atoms with Crippen molar-refractivity contribution in [2.75, 3.05) is 32.9 Å². The average molecular weight is 305 g/mol. The standard InChI is InChI=1S/C15H17N2O5/c16-14(18)12-4-7-21-13-10(2-1-3-11(13)22-12)15(19)17-5-8-20-9-6-17/h2-3,12H,4-9H2,(H2,16,18). The van der Waals surface area contributed by atoms with Gasteiger partial charge in [-0.3, -0.25) is 9.59 Å². The third kappa shape index (κ3) is 2.85. The van der Waals surface area contributed by atoms with Crippen LogP contribution in [-0.4, -0.2) is 55.7 Å². The highest BCUT2D eigenvalue weighted by molar-refractivity contribution is 5.98. The molecule has 2 heterocycles. The molecule has 1 radical (unpaired) electrons. The zero-order chi connectivity index (χ0) is 15.5. The fourth-order valence-electron chi connectivity index (χ4n) is 2.48. The second kappa shape index (κ2) is 6.23. The van der Waals surface area contributed by atoms with E-state index in [4.69, 9.17) is 19.9 Å². The van der Waals surface area contributed by atoms with Gasteiger partial charge < -0.3 is 24.8 Å². The average Bonchev–Trinajstić information content (AvgIpc) is 2.77. The predicted molar refractivity (Wildman–Crippen MR) is 75.7 cm³/mol. The van der Waals surface area contributed by atoms with Crippen LogP contribution >= 0.6 is 0 Å². The first-order valence-electron chi connectivity index (χ1n) is 7.16. The maximum atomic E-state index is 12.6. The number of ether oxygens (including phenoxy) is 3. The fraction of sp³-hybridized carbons (Fsp3) is 0.467. The number of nitrogens with zero attached hydrogens (tertiary/aromatic N) is 1. The van der Waals surface area contributed by atoms with Gasteiger partial charge >= 0.3 is 0 Å². The number of benzene rings is 1. The molecule has 2 amide bonds. The Morgan fingerprint density at radius 1 is 1.23 bits per heavy atom. The van der Waals surface area contributed by atoms with E-state index in [0.717, 1.165) is 0 Å². The zero-order valence-electron chi connectivity index (χ0n) is 12.0. The van der Waals surface area contributed by atoms with Crippen LogP contribution in [0.15, 0.2) is 12.1 Å². The first kappa shape index (κ1) is 14.6. The van der Waals surface area contributed by atoms with Crippen LogP contribution in [0.3, 0.4) is 0 Å². The normalized spacial score (nSPS) is 21.1. The lowest BCUT2D eigenvalue weighted by molar-refractivity contribution is -0.124. The Bertz CT molecular complexity index is 583. The Labute approximate surface area is 127 Å². The Balaban J connectivity index is 1.89. The van der Waals surface area contributed by atoms with Crippen molar-refractivity contribution in [3.05, 3.63) is 23.8 Å². The largest absolute Gasteiger partial charge is 0.489 e. The van der Waals surface area contributed by atoms with E-state index in [-0.39, 0.29) is 12.5 Å². The van der Waals surface area contributed by atoms with E-state index in [1.54, 1.807) is 17.0 Å². The van der Waals surface area contributed by atoms with Gasteiger partial charge in [0.1, 0.15) is 0 Å². The van der Waals surface area contributed by atoms with E-state index in [1.165, 1.54) is 0 Å². The summed E-state index contributed by atoms with van der Waals surface area (Å²) in [6, 6.07) is 5.98. The molecule has 3 rings (SSSR count). The van der Waals surface area contributed by atoms with Crippen LogP contribution in [0.5, 0.6) is 11.5 Å². The lowest BCUT2D eigenvalue weighted by Crippen LogP contribution is -2.40. The minimum Gasteiger partial charge on any atom is -0.489 e. The summed E-state index contributed by atoms with van der Waals surface area (Å²) in [6.45, 7) is 2.37. The number of primary amides is 1. The van der Waals surface area contributed by atoms with Gasteiger partial charge in [-0.2, -0.15) is 0 Å². The van der Waals surface area contributed by atoms with Gasteiger partial charge in [-0.15, -0.1) is 0 Å². The summed E-state index contributed by atoms with van der Waals surface area (Å²) in [5.74, 6) is -0.0433. The molecule has 1 aromatic rings. The van der Waals surface area contributed by atoms with Gasteiger partial charge in [-0.25, -0.2) is 0 Å². The molecule has 2 N–H and O–H groups in total. The van der Waals surface area contributed by atoms with Crippen LogP contribution in [0.1, 0.15) is 16.8 Å². The maximum Gasteiger partial charge on any atom is 0.258 e. The van der Waals surface area contributed by atoms with Crippen molar-refractivity contribution < 1.29 is 23.8 Å². The number of amides is 2. The molecule has 0 aromatic heterocycles. The minimum atomic E-state index is -0.761. The van der Waals surface area contributed by atoms with E-state index < -0.39 is 12.0 Å². The molecular formula is C15H17N2O5. The molecule has 1 fully saturated rings. The van der Waals surface area contributed by atoms with Gasteiger partial charge in [-0.1, -0.05) is 0 Å². The third-order valence-electron chi connectivity index (χ3n) is 3.65. The van der Waals surface area contributed by atoms with Crippen LogP contribution in [0.2, 0.25) is 0 Å². The number of nitrogens with two attached hydrogens (primary N) is 1. The second-order valence-corrected chi connectivity index (χ2v) is 5.11. The monoisotopic (exact) mass is 305 g/mol. The summed E-state index contributed by atoms with van der Waals surface area (Å²) in [5, 5.41) is 0. The molecule has 1 aromatic carbocycles. The van der Waals surface area contributed by atoms with Crippen molar-refractivity contribution in [2.24, 2.45) is 5.73 Å². The van der Waals surface area contributed by atoms with Gasteiger partial charge in [0.2, 0.25) is 0 Å². The van der Waals surface area contributed by atoms with Crippen molar-refractivity contribution in [2.45, 2.75) is 12.5 Å². The molecule has 0 aliphatic carbocycles. The van der Waals surface area contributed by atoms with Crippen molar-refractivity contribution in [1.29, 1.82) is 0 Å². The number of carbonyl (C=O) groups is 2. The van der Waals surface area contributed by atoms with Gasteiger partial charge in [0.25, 0.3) is 11.8 Å². The second-order valence-electron chi connectivity index (χ2n) is 5.11. The fourth-order valence-corrected chi connectivity index (χ4v) is 2.48. The first-order valence-corrected chi connectivity index (χ1v) is 7.16. The molecule has 7 nitrogen and oxygen atoms in total. The van der Waals surface area contributed by atoms with Crippen LogP contribution in [0.25, 0.3) is 0 Å². The third-order valence-corrected chi connectivity index (χ3v) is 3.65. The highest BCUT2D eigenvalue weighted by Gasteiger charge is 2.28. The molecule has 1 saturated heterocycles. The Hall–Kier alpha value is -2.28. The number of fused-ring (bicyclic) bond motifs is 1. The van der Waals surface area contributed by atoms with Gasteiger partial charge in [0.05, 0.1) is 25.4 Å². The predicted octanol–water partition coefficient (Wildman–Crippen LogP) is -0.0256. The molecule has 0 saturated carbocycles. The van der Waals surface area contributed by atoms with Crippen LogP contribution in [0.4, 0.5) is 0 Å². The Kier molecular flexibility index (Phi) is 4.15. The van der Waals surface area contributed by atoms with Crippen molar-refractivity contribution in [3.63, 3.8) is 0 Å². The molecular weight excluding hydrogens is 288 g/mol. The molecule has 1 unspecified atom stereocenters. The van der Waals surface area contributed by atoms with Crippen LogP contribution in [0, 0.1) is 6.07 Å². The van der Waals surface area contributed by atoms with Crippen molar-refractivity contribution in [1.82, 2.24) is 4.90 Å². The summed E-state index contributed by atoms with van der Waals surface area (Å²) < 4.78 is 16.5. The van der Waals surface area contributed by atoms with E-state index in [2.05, 4.69) is 6.07 Å². The highest BCUT2D eigenvalue weighted by Crippen LogP contribution is 2.35. The molecule has 0 bridgehead atoms. The summed E-state index contributed by atoms with van der Waals surface area (Å²) in [4.78, 5) is 25.6. The summed E-state index contributed by atoms with van der Waals surface area (Å²) in [7, 11) is 0. The maximum absolute atomic E-state index is 12.6. The smallest absolute Gasteiger partial charge is 0.258 e. The van der Waals surface area contributed by atoms with Gasteiger partial charge in [0, 0.05) is 19.5 Å². The molecule has 2 aliphatic rings. The Morgan fingerprint density at radius 2 is 2.00 bits per heavy atom. The lowest BCUT2D eigenvalue weighted by Gasteiger charge is -2.27. The molecule has 0 spiro atoms. The summed E-state index contributed by atoms with van der Waals surface area (Å²) in [6.07, 6.45) is -0.418. The van der Waals surface area contributed by atoms with Crippen LogP contribution in [-0.2, 0) is 9.53 Å². The number of rotatable bonds is 2. The first-order chi connectivity index (χ1) is 10.7. The Morgan fingerprint density at radius 3 is 2.73 bits per heavy atom. The van der Waals surface area contributed by atoms with Crippen molar-refractivity contribution >= 4 is 11.8 Å². The SMILES string of the molecule is NC(=O)C1CCOc2c(c[c]cc2C(=O)N2CCOCC2)O1. The minimum absolute atomic E-state index is 0.155. The summed E-state index contributed by atoms with van der Waals surface area (Å²) >= 11 is 0. The van der Waals surface area contributed by atoms with Crippen molar-refractivity contribution in [3.8, 4) is 11.5 Å². The highest BCUT2D eigenvalue weighted by atomic mass is 16.5. The quantitative estimate of drug-likeness (QED) is 0.829. The zero-order valence-corrected chi connectivity index (χ0v) is 12.0. The van der Waals surface area contributed by atoms with E-state index >= 15 is 0 Å². The lowest BCUT2D eigenvalue weighted by atomic mass is 10.1.